The summed E-state index contributed by atoms with van der Waals surface area (Å²) in [5.41, 5.74) is 1.33. The van der Waals surface area contributed by atoms with Crippen LogP contribution in [0.4, 0.5) is 17.3 Å². The maximum atomic E-state index is 12.7. The number of rotatable bonds is 5. The smallest absolute Gasteiger partial charge is 0.262 e. The molecule has 144 valence electrons. The molecule has 10 heteroatoms. The number of anilines is 3. The molecule has 2 aromatic rings. The van der Waals surface area contributed by atoms with Crippen LogP contribution in [0.1, 0.15) is 12.5 Å². The number of ether oxygens (including phenoxy) is 1. The summed E-state index contributed by atoms with van der Waals surface area (Å²) in [4.78, 5) is 21.7. The van der Waals surface area contributed by atoms with Gasteiger partial charge in [0.1, 0.15) is 0 Å². The number of aryl methyl sites for hydroxylation is 1. The van der Waals surface area contributed by atoms with Gasteiger partial charge in [0.25, 0.3) is 10.0 Å². The van der Waals surface area contributed by atoms with E-state index in [0.29, 0.717) is 43.5 Å². The van der Waals surface area contributed by atoms with Crippen molar-refractivity contribution < 1.29 is 17.9 Å². The highest BCUT2D eigenvalue weighted by Gasteiger charge is 2.19. The van der Waals surface area contributed by atoms with Crippen LogP contribution >= 0.6 is 0 Å². The molecule has 27 heavy (non-hydrogen) atoms. The molecule has 1 amide bonds. The molecular weight excluding hydrogens is 370 g/mol. The van der Waals surface area contributed by atoms with E-state index >= 15 is 0 Å². The number of sulfonamides is 1. The van der Waals surface area contributed by atoms with Crippen molar-refractivity contribution >= 4 is 33.3 Å². The Kier molecular flexibility index (Phi) is 5.57. The number of hydrogen-bond donors (Lipinski definition) is 2. The van der Waals surface area contributed by atoms with Gasteiger partial charge in [-0.3, -0.25) is 9.52 Å². The second kappa shape index (κ2) is 7.89. The number of benzene rings is 1. The molecule has 1 aromatic heterocycles. The second-order valence-corrected chi connectivity index (χ2v) is 7.79. The third-order valence-electron chi connectivity index (χ3n) is 3.97. The van der Waals surface area contributed by atoms with Gasteiger partial charge in [-0.1, -0.05) is 0 Å². The van der Waals surface area contributed by atoms with E-state index in [1.165, 1.54) is 25.4 Å². The van der Waals surface area contributed by atoms with Crippen molar-refractivity contribution in [2.24, 2.45) is 0 Å². The average molecular weight is 391 g/mol. The average Bonchev–Trinajstić information content (AvgIpc) is 2.62. The third-order valence-corrected chi connectivity index (χ3v) is 5.51. The van der Waals surface area contributed by atoms with Crippen molar-refractivity contribution in [3.8, 4) is 0 Å². The van der Waals surface area contributed by atoms with Crippen molar-refractivity contribution in [3.63, 3.8) is 0 Å². The molecule has 3 rings (SSSR count). The van der Waals surface area contributed by atoms with E-state index in [4.69, 9.17) is 4.74 Å². The van der Waals surface area contributed by atoms with E-state index in [0.717, 1.165) is 0 Å². The molecule has 1 aromatic carbocycles. The summed E-state index contributed by atoms with van der Waals surface area (Å²) in [5, 5.41) is 2.62. The van der Waals surface area contributed by atoms with E-state index in [9.17, 15) is 13.2 Å². The second-order valence-electron chi connectivity index (χ2n) is 6.14. The molecule has 0 aliphatic carbocycles. The molecule has 0 unspecified atom stereocenters. The number of amides is 1. The summed E-state index contributed by atoms with van der Waals surface area (Å²) < 4.78 is 33.1. The number of aromatic nitrogens is 2. The first-order valence-electron chi connectivity index (χ1n) is 8.41. The van der Waals surface area contributed by atoms with Crippen LogP contribution in [0.15, 0.2) is 35.5 Å². The topological polar surface area (TPSA) is 114 Å². The quantitative estimate of drug-likeness (QED) is 0.791. The van der Waals surface area contributed by atoms with Crippen molar-refractivity contribution in [3.05, 3.63) is 36.2 Å². The highest BCUT2D eigenvalue weighted by Crippen LogP contribution is 2.22. The van der Waals surface area contributed by atoms with Crippen LogP contribution in [0, 0.1) is 6.92 Å². The molecule has 0 spiro atoms. The Bertz CT molecular complexity index is 925. The van der Waals surface area contributed by atoms with Crippen LogP contribution in [0.3, 0.4) is 0 Å². The maximum absolute atomic E-state index is 12.7. The first-order chi connectivity index (χ1) is 12.8. The van der Waals surface area contributed by atoms with Gasteiger partial charge < -0.3 is 15.0 Å². The molecule has 2 N–H and O–H groups in total. The van der Waals surface area contributed by atoms with Gasteiger partial charge in [0.2, 0.25) is 11.9 Å². The number of carbonyl (C=O) groups excluding carboxylic acids is 1. The van der Waals surface area contributed by atoms with Crippen LogP contribution in [0.5, 0.6) is 0 Å². The van der Waals surface area contributed by atoms with Crippen LogP contribution in [-0.4, -0.2) is 50.6 Å². The van der Waals surface area contributed by atoms with E-state index in [1.54, 1.807) is 19.1 Å². The largest absolute Gasteiger partial charge is 0.378 e. The summed E-state index contributed by atoms with van der Waals surface area (Å²) in [6.07, 6.45) is 2.88. The van der Waals surface area contributed by atoms with Gasteiger partial charge in [-0.25, -0.2) is 18.4 Å². The first kappa shape index (κ1) is 19.1. The molecule has 0 atom stereocenters. The molecule has 0 saturated carbocycles. The normalized spacial score (nSPS) is 14.7. The minimum atomic E-state index is -3.80. The Morgan fingerprint density at radius 1 is 1.15 bits per heavy atom. The number of carbonyl (C=O) groups is 1. The molecule has 1 saturated heterocycles. The minimum Gasteiger partial charge on any atom is -0.378 e. The Morgan fingerprint density at radius 2 is 1.81 bits per heavy atom. The van der Waals surface area contributed by atoms with E-state index < -0.39 is 10.0 Å². The van der Waals surface area contributed by atoms with Crippen molar-refractivity contribution in [1.82, 2.24) is 9.97 Å². The Morgan fingerprint density at radius 3 is 2.41 bits per heavy atom. The van der Waals surface area contributed by atoms with Crippen molar-refractivity contribution in [2.45, 2.75) is 18.7 Å². The van der Waals surface area contributed by atoms with Crippen LogP contribution < -0.4 is 14.9 Å². The fourth-order valence-corrected chi connectivity index (χ4v) is 4.00. The summed E-state index contributed by atoms with van der Waals surface area (Å²) in [5.74, 6) is 0.317. The molecule has 1 aliphatic rings. The lowest BCUT2D eigenvalue weighted by Crippen LogP contribution is -2.37. The molecule has 0 bridgehead atoms. The molecule has 0 radical (unpaired) electrons. The number of nitrogens with one attached hydrogen (secondary N) is 2. The van der Waals surface area contributed by atoms with Gasteiger partial charge in [0.15, 0.2) is 0 Å². The van der Waals surface area contributed by atoms with Gasteiger partial charge in [0.05, 0.1) is 36.2 Å². The summed E-state index contributed by atoms with van der Waals surface area (Å²) in [6.45, 7) is 5.69. The fourth-order valence-electron chi connectivity index (χ4n) is 2.74. The standard InChI is InChI=1S/C17H21N5O4S/c1-12-9-14(20-13(2)23)3-4-16(12)27(24,25)21-15-10-18-17(19-11-15)22-5-7-26-8-6-22/h3-4,9-11,21H,5-8H2,1-2H3,(H,20,23). The summed E-state index contributed by atoms with van der Waals surface area (Å²) >= 11 is 0. The SMILES string of the molecule is CC(=O)Nc1ccc(S(=O)(=O)Nc2cnc(N3CCOCC3)nc2)c(C)c1. The van der Waals surface area contributed by atoms with Gasteiger partial charge in [0, 0.05) is 25.7 Å². The lowest BCUT2D eigenvalue weighted by molar-refractivity contribution is -0.114. The minimum absolute atomic E-state index is 0.119. The Hall–Kier alpha value is -2.72. The Balaban J connectivity index is 1.75. The Labute approximate surface area is 157 Å². The van der Waals surface area contributed by atoms with Crippen LogP contribution in [0.25, 0.3) is 0 Å². The maximum Gasteiger partial charge on any atom is 0.262 e. The zero-order valence-electron chi connectivity index (χ0n) is 15.1. The lowest BCUT2D eigenvalue weighted by Gasteiger charge is -2.26. The molecular formula is C17H21N5O4S. The monoisotopic (exact) mass is 391 g/mol. The number of hydrogen-bond acceptors (Lipinski definition) is 7. The molecule has 1 aliphatic heterocycles. The fraction of sp³-hybridized carbons (Fsp3) is 0.353. The predicted molar refractivity (Wildman–Crippen MR) is 101 cm³/mol. The zero-order valence-corrected chi connectivity index (χ0v) is 15.9. The zero-order chi connectivity index (χ0) is 19.4. The van der Waals surface area contributed by atoms with Crippen LogP contribution in [0.2, 0.25) is 0 Å². The van der Waals surface area contributed by atoms with Gasteiger partial charge in [-0.2, -0.15) is 0 Å². The van der Waals surface area contributed by atoms with E-state index in [1.807, 2.05) is 4.90 Å². The lowest BCUT2D eigenvalue weighted by atomic mass is 10.2. The predicted octanol–water partition coefficient (Wildman–Crippen LogP) is 1.38. The van der Waals surface area contributed by atoms with Crippen LogP contribution in [-0.2, 0) is 19.6 Å². The van der Waals surface area contributed by atoms with Gasteiger partial charge >= 0.3 is 0 Å². The molecule has 1 fully saturated rings. The summed E-state index contributed by atoms with van der Waals surface area (Å²) in [7, 11) is -3.80. The highest BCUT2D eigenvalue weighted by molar-refractivity contribution is 7.92. The van der Waals surface area contributed by atoms with Gasteiger partial charge in [-0.05, 0) is 30.7 Å². The summed E-state index contributed by atoms with van der Waals surface area (Å²) in [6, 6.07) is 4.60. The first-order valence-corrected chi connectivity index (χ1v) is 9.89. The van der Waals surface area contributed by atoms with Gasteiger partial charge in [-0.15, -0.1) is 0 Å². The van der Waals surface area contributed by atoms with Crippen molar-refractivity contribution in [1.29, 1.82) is 0 Å². The van der Waals surface area contributed by atoms with Crippen molar-refractivity contribution in [2.75, 3.05) is 41.2 Å². The van der Waals surface area contributed by atoms with E-state index in [2.05, 4.69) is 20.0 Å². The number of morpholine rings is 1. The molecule has 2 heterocycles. The molecule has 9 nitrogen and oxygen atoms in total. The third kappa shape index (κ3) is 4.72. The highest BCUT2D eigenvalue weighted by atomic mass is 32.2. The number of nitrogens with zero attached hydrogens (tertiary/aromatic N) is 3. The van der Waals surface area contributed by atoms with E-state index in [-0.39, 0.29) is 16.5 Å².